The molecule has 9 heteroatoms. The Balaban J connectivity index is 1.24. The highest BCUT2D eigenvalue weighted by atomic mass is 19.2. The van der Waals surface area contributed by atoms with Gasteiger partial charge in [0.25, 0.3) is 6.01 Å². The Morgan fingerprint density at radius 1 is 1.09 bits per heavy atom. The van der Waals surface area contributed by atoms with Crippen LogP contribution >= 0.6 is 0 Å². The van der Waals surface area contributed by atoms with Crippen LogP contribution in [0.2, 0.25) is 0 Å². The highest BCUT2D eigenvalue weighted by molar-refractivity contribution is 5.75. The van der Waals surface area contributed by atoms with Crippen molar-refractivity contribution in [1.29, 1.82) is 0 Å². The number of benzene rings is 2. The summed E-state index contributed by atoms with van der Waals surface area (Å²) in [7, 11) is 0. The number of halogens is 2. The first-order valence-electron chi connectivity index (χ1n) is 10.7. The number of nitrogens with zero attached hydrogens (tertiary/aromatic N) is 6. The molecule has 1 aliphatic heterocycles. The summed E-state index contributed by atoms with van der Waals surface area (Å²) in [6.07, 6.45) is 3.72. The topological polar surface area (TPSA) is 54.7 Å². The third-order valence-electron chi connectivity index (χ3n) is 6.14. The summed E-state index contributed by atoms with van der Waals surface area (Å²) >= 11 is 0. The monoisotopic (exact) mass is 448 g/mol. The minimum atomic E-state index is -1.00. The molecule has 0 radical (unpaired) electrons. The van der Waals surface area contributed by atoms with Gasteiger partial charge in [-0.05, 0) is 24.6 Å². The van der Waals surface area contributed by atoms with Crippen molar-refractivity contribution in [3.8, 4) is 0 Å². The number of anilines is 1. The van der Waals surface area contributed by atoms with Gasteiger partial charge in [-0.25, -0.2) is 14.2 Å². The summed E-state index contributed by atoms with van der Waals surface area (Å²) in [6, 6.07) is 10.5. The molecule has 0 unspecified atom stereocenters. The molecule has 7 nitrogen and oxygen atoms in total. The second-order valence-electron chi connectivity index (χ2n) is 8.14. The van der Waals surface area contributed by atoms with E-state index in [1.54, 1.807) is 0 Å². The van der Waals surface area contributed by atoms with E-state index in [1.807, 2.05) is 41.7 Å². The number of imidazole rings is 1. The van der Waals surface area contributed by atoms with Crippen LogP contribution in [0, 0.1) is 18.2 Å². The molecule has 5 rings (SSSR count). The van der Waals surface area contributed by atoms with E-state index in [2.05, 4.69) is 31.2 Å². The lowest BCUT2D eigenvalue weighted by molar-refractivity contribution is 0.239. The number of aromatic nitrogens is 3. The number of rotatable bonds is 5. The van der Waals surface area contributed by atoms with E-state index in [0.717, 1.165) is 37.0 Å². The van der Waals surface area contributed by atoms with Crippen LogP contribution in [0.15, 0.2) is 53.3 Å². The summed E-state index contributed by atoms with van der Waals surface area (Å²) in [5, 5.41) is 0. The zero-order valence-electron chi connectivity index (χ0n) is 18.1. The van der Waals surface area contributed by atoms with E-state index in [4.69, 9.17) is 11.0 Å². The summed E-state index contributed by atoms with van der Waals surface area (Å²) in [5.74, 6) is -1.95. The number of hydrogen-bond donors (Lipinski definition) is 0. The van der Waals surface area contributed by atoms with Crippen molar-refractivity contribution in [3.63, 3.8) is 0 Å². The Labute approximate surface area is 189 Å². The number of piperazine rings is 1. The lowest BCUT2D eigenvalue weighted by Crippen LogP contribution is -2.46. The van der Waals surface area contributed by atoms with Crippen molar-refractivity contribution in [1.82, 2.24) is 19.4 Å². The lowest BCUT2D eigenvalue weighted by Gasteiger charge is -2.34. The van der Waals surface area contributed by atoms with Gasteiger partial charge in [-0.1, -0.05) is 24.3 Å². The summed E-state index contributed by atoms with van der Waals surface area (Å²) < 4.78 is 35.1. The molecule has 0 saturated carbocycles. The van der Waals surface area contributed by atoms with Crippen LogP contribution in [0.4, 0.5) is 20.5 Å². The zero-order valence-corrected chi connectivity index (χ0v) is 18.1. The third kappa shape index (κ3) is 4.05. The van der Waals surface area contributed by atoms with E-state index in [9.17, 15) is 8.78 Å². The Bertz CT molecular complexity index is 1320. The minimum Gasteiger partial charge on any atom is -0.420 e. The van der Waals surface area contributed by atoms with Crippen LogP contribution in [0.1, 0.15) is 24.2 Å². The SMILES string of the molecule is [C-]#[N+]c1ccc([C@@H](C)n2cncc2CN2CCN(c3nc4ccc(F)c(F)c4o3)CC2)cc1. The van der Waals surface area contributed by atoms with Crippen molar-refractivity contribution in [2.24, 2.45) is 0 Å². The molecule has 3 heterocycles. The highest BCUT2D eigenvalue weighted by Crippen LogP contribution is 2.27. The van der Waals surface area contributed by atoms with E-state index in [1.165, 1.54) is 6.07 Å². The molecule has 0 amide bonds. The summed E-state index contributed by atoms with van der Waals surface area (Å²) in [6.45, 7) is 12.8. The molecule has 1 fully saturated rings. The fourth-order valence-corrected chi connectivity index (χ4v) is 4.18. The number of hydrogen-bond acceptors (Lipinski definition) is 5. The first-order valence-corrected chi connectivity index (χ1v) is 10.7. The molecule has 1 atom stereocenters. The van der Waals surface area contributed by atoms with E-state index in [-0.39, 0.29) is 11.6 Å². The maximum atomic E-state index is 14.0. The van der Waals surface area contributed by atoms with Crippen LogP contribution in [-0.4, -0.2) is 45.6 Å². The number of fused-ring (bicyclic) bond motifs is 1. The molecule has 4 aromatic rings. The third-order valence-corrected chi connectivity index (χ3v) is 6.14. The van der Waals surface area contributed by atoms with E-state index >= 15 is 0 Å². The highest BCUT2D eigenvalue weighted by Gasteiger charge is 2.24. The second kappa shape index (κ2) is 8.64. The fraction of sp³-hybridized carbons (Fsp3) is 0.292. The first-order chi connectivity index (χ1) is 16.0. The van der Waals surface area contributed by atoms with Gasteiger partial charge in [-0.2, -0.15) is 9.37 Å². The molecule has 0 bridgehead atoms. The molecule has 1 aliphatic rings. The first kappa shape index (κ1) is 21.1. The Morgan fingerprint density at radius 2 is 1.85 bits per heavy atom. The van der Waals surface area contributed by atoms with Crippen LogP contribution in [0.5, 0.6) is 0 Å². The summed E-state index contributed by atoms with van der Waals surface area (Å²) in [5.41, 5.74) is 3.01. The van der Waals surface area contributed by atoms with Gasteiger partial charge >= 0.3 is 0 Å². The molecule has 33 heavy (non-hydrogen) atoms. The van der Waals surface area contributed by atoms with Gasteiger partial charge in [0.05, 0.1) is 24.6 Å². The standard InChI is InChI=1S/C24H22F2N6O/c1-16(17-3-5-18(27-2)6-4-17)32-15-28-13-19(32)14-30-9-11-31(12-10-30)24-29-21-8-7-20(25)22(26)23(21)33-24/h3-8,13,15-16H,9-12,14H2,1H3/t16-/m1/s1. The van der Waals surface area contributed by atoms with Crippen LogP contribution in [-0.2, 0) is 6.54 Å². The predicted octanol–water partition coefficient (Wildman–Crippen LogP) is 4.78. The molecule has 2 aromatic heterocycles. The van der Waals surface area contributed by atoms with Crippen LogP contribution < -0.4 is 4.90 Å². The summed E-state index contributed by atoms with van der Waals surface area (Å²) in [4.78, 5) is 16.4. The molecule has 168 valence electrons. The van der Waals surface area contributed by atoms with Gasteiger partial charge in [0.15, 0.2) is 17.1 Å². The molecule has 1 saturated heterocycles. The number of oxazole rings is 1. The van der Waals surface area contributed by atoms with Crippen LogP contribution in [0.25, 0.3) is 15.9 Å². The van der Waals surface area contributed by atoms with E-state index in [0.29, 0.717) is 30.3 Å². The quantitative estimate of drug-likeness (QED) is 0.411. The van der Waals surface area contributed by atoms with Gasteiger partial charge < -0.3 is 13.9 Å². The van der Waals surface area contributed by atoms with Gasteiger partial charge in [0.1, 0.15) is 5.52 Å². The van der Waals surface area contributed by atoms with Gasteiger partial charge in [0, 0.05) is 38.9 Å². The molecule has 0 aliphatic carbocycles. The minimum absolute atomic E-state index is 0.0959. The normalized spacial score (nSPS) is 15.6. The zero-order chi connectivity index (χ0) is 22.9. The van der Waals surface area contributed by atoms with Crippen molar-refractivity contribution < 1.29 is 13.2 Å². The van der Waals surface area contributed by atoms with E-state index < -0.39 is 11.6 Å². The molecule has 0 spiro atoms. The van der Waals surface area contributed by atoms with Gasteiger partial charge in [-0.3, -0.25) is 4.90 Å². The smallest absolute Gasteiger partial charge is 0.298 e. The Hall–Kier alpha value is -3.77. The van der Waals surface area contributed by atoms with Crippen molar-refractivity contribution in [3.05, 3.63) is 83.2 Å². The van der Waals surface area contributed by atoms with Gasteiger partial charge in [-0.15, -0.1) is 0 Å². The van der Waals surface area contributed by atoms with Crippen molar-refractivity contribution >= 4 is 22.8 Å². The second-order valence-corrected chi connectivity index (χ2v) is 8.14. The molecule has 0 N–H and O–H groups in total. The molecular formula is C24H22F2N6O. The molecular weight excluding hydrogens is 426 g/mol. The average molecular weight is 448 g/mol. The van der Waals surface area contributed by atoms with Crippen LogP contribution in [0.3, 0.4) is 0 Å². The maximum absolute atomic E-state index is 14.0. The Morgan fingerprint density at radius 3 is 2.58 bits per heavy atom. The van der Waals surface area contributed by atoms with Crippen molar-refractivity contribution in [2.75, 3.05) is 31.1 Å². The lowest BCUT2D eigenvalue weighted by atomic mass is 10.1. The Kier molecular flexibility index (Phi) is 5.52. The predicted molar refractivity (Wildman–Crippen MR) is 120 cm³/mol. The maximum Gasteiger partial charge on any atom is 0.298 e. The molecule has 2 aromatic carbocycles. The van der Waals surface area contributed by atoms with Crippen molar-refractivity contribution in [2.45, 2.75) is 19.5 Å². The van der Waals surface area contributed by atoms with Gasteiger partial charge in [0.2, 0.25) is 5.82 Å². The largest absolute Gasteiger partial charge is 0.420 e. The average Bonchev–Trinajstić information content (AvgIpc) is 3.49. The fourth-order valence-electron chi connectivity index (χ4n) is 4.18.